The van der Waals surface area contributed by atoms with E-state index in [1.807, 2.05) is 24.3 Å². The van der Waals surface area contributed by atoms with Crippen LogP contribution < -0.4 is 5.46 Å². The zero-order valence-electron chi connectivity index (χ0n) is 11.9. The molecule has 2 aromatic carbocycles. The lowest BCUT2D eigenvalue weighted by Gasteiger charge is -2.31. The summed E-state index contributed by atoms with van der Waals surface area (Å²) in [6, 6.07) is 16.3. The fourth-order valence-corrected chi connectivity index (χ4v) is 6.19. The second-order valence-electron chi connectivity index (χ2n) is 6.23. The zero-order chi connectivity index (χ0) is 14.4. The third-order valence-electron chi connectivity index (χ3n) is 4.70. The van der Waals surface area contributed by atoms with Crippen LogP contribution in [-0.4, -0.2) is 19.5 Å². The first-order valence-corrected chi connectivity index (χ1v) is 9.12. The highest BCUT2D eigenvalue weighted by molar-refractivity contribution is 7.75. The standard InChI is InChI=1S/C18H16BOP/c19-14-6-7-15-16(10-14)18(8-9-18)12-21(17(15)20)11-13-4-2-1-3-5-13/h1-7,10H,8-9,11-12H2. The molecule has 102 valence electrons. The second kappa shape index (κ2) is 4.82. The van der Waals surface area contributed by atoms with Gasteiger partial charge >= 0.3 is 0 Å². The van der Waals surface area contributed by atoms with E-state index in [2.05, 4.69) is 24.3 Å². The van der Waals surface area contributed by atoms with Crippen molar-refractivity contribution in [1.82, 2.24) is 0 Å². The van der Waals surface area contributed by atoms with Gasteiger partial charge in [0.1, 0.15) is 7.85 Å². The predicted molar refractivity (Wildman–Crippen MR) is 89.0 cm³/mol. The molecule has 1 saturated carbocycles. The van der Waals surface area contributed by atoms with Crippen LogP contribution in [0.4, 0.5) is 0 Å². The van der Waals surface area contributed by atoms with Gasteiger partial charge in [-0.1, -0.05) is 54.0 Å². The molecule has 1 aliphatic heterocycles. The molecule has 0 bridgehead atoms. The Bertz CT molecular complexity index is 706. The van der Waals surface area contributed by atoms with Crippen molar-refractivity contribution in [3.63, 3.8) is 0 Å². The summed E-state index contributed by atoms with van der Waals surface area (Å²) in [7, 11) is 5.32. The van der Waals surface area contributed by atoms with E-state index in [1.54, 1.807) is 0 Å². The Kier molecular flexibility index (Phi) is 3.05. The van der Waals surface area contributed by atoms with Gasteiger partial charge in [0.15, 0.2) is 5.52 Å². The summed E-state index contributed by atoms with van der Waals surface area (Å²) in [6.45, 7) is 0. The van der Waals surface area contributed by atoms with Crippen LogP contribution in [0, 0.1) is 0 Å². The van der Waals surface area contributed by atoms with Crippen molar-refractivity contribution in [3.8, 4) is 0 Å². The Labute approximate surface area is 127 Å². The highest BCUT2D eigenvalue weighted by atomic mass is 31.1. The van der Waals surface area contributed by atoms with Crippen molar-refractivity contribution < 1.29 is 4.79 Å². The van der Waals surface area contributed by atoms with Crippen LogP contribution >= 0.6 is 7.92 Å². The largest absolute Gasteiger partial charge is 0.289 e. The third kappa shape index (κ3) is 2.26. The van der Waals surface area contributed by atoms with Gasteiger partial charge in [-0.25, -0.2) is 0 Å². The first kappa shape index (κ1) is 13.3. The smallest absolute Gasteiger partial charge is 0.184 e. The summed E-state index contributed by atoms with van der Waals surface area (Å²) < 4.78 is 0. The molecular formula is C18H16BOP. The molecule has 1 heterocycles. The molecule has 1 spiro atoms. The molecule has 1 fully saturated rings. The highest BCUT2D eigenvalue weighted by Gasteiger charge is 2.51. The summed E-state index contributed by atoms with van der Waals surface area (Å²) in [5.41, 5.74) is 4.85. The van der Waals surface area contributed by atoms with Crippen LogP contribution in [0.5, 0.6) is 0 Å². The Hall–Kier alpha value is -1.40. The molecule has 1 atom stereocenters. The van der Waals surface area contributed by atoms with Gasteiger partial charge in [0, 0.05) is 11.0 Å². The number of carbonyl (C=O) groups is 1. The van der Waals surface area contributed by atoms with Crippen molar-refractivity contribution in [2.24, 2.45) is 0 Å². The van der Waals surface area contributed by atoms with Crippen molar-refractivity contribution in [1.29, 1.82) is 0 Å². The maximum absolute atomic E-state index is 12.8. The average Bonchev–Trinajstić information content (AvgIpc) is 3.26. The van der Waals surface area contributed by atoms with E-state index in [4.69, 9.17) is 7.85 Å². The molecule has 2 aromatic rings. The van der Waals surface area contributed by atoms with Gasteiger partial charge in [-0.15, -0.1) is 0 Å². The molecule has 21 heavy (non-hydrogen) atoms. The van der Waals surface area contributed by atoms with E-state index in [0.29, 0.717) is 5.52 Å². The molecule has 0 amide bonds. The van der Waals surface area contributed by atoms with Gasteiger partial charge in [0.05, 0.1) is 0 Å². The van der Waals surface area contributed by atoms with Crippen molar-refractivity contribution in [2.45, 2.75) is 24.4 Å². The summed E-state index contributed by atoms with van der Waals surface area (Å²) in [4.78, 5) is 12.8. The van der Waals surface area contributed by atoms with E-state index < -0.39 is 7.92 Å². The number of rotatable bonds is 2. The van der Waals surface area contributed by atoms with Gasteiger partial charge in [0.2, 0.25) is 0 Å². The van der Waals surface area contributed by atoms with Gasteiger partial charge < -0.3 is 0 Å². The maximum atomic E-state index is 12.8. The van der Waals surface area contributed by atoms with Gasteiger partial charge in [-0.05, 0) is 44.2 Å². The van der Waals surface area contributed by atoms with E-state index in [9.17, 15) is 4.79 Å². The predicted octanol–water partition coefficient (Wildman–Crippen LogP) is 3.35. The molecule has 1 aliphatic carbocycles. The van der Waals surface area contributed by atoms with E-state index in [1.165, 1.54) is 24.0 Å². The fourth-order valence-electron chi connectivity index (χ4n) is 3.39. The summed E-state index contributed by atoms with van der Waals surface area (Å²) >= 11 is 0. The first-order chi connectivity index (χ1) is 10.2. The van der Waals surface area contributed by atoms with E-state index in [-0.39, 0.29) is 5.41 Å². The Morgan fingerprint density at radius 3 is 2.57 bits per heavy atom. The van der Waals surface area contributed by atoms with Crippen LogP contribution in [0.25, 0.3) is 0 Å². The summed E-state index contributed by atoms with van der Waals surface area (Å²) in [5.74, 6) is 0. The molecule has 1 unspecified atom stereocenters. The summed E-state index contributed by atoms with van der Waals surface area (Å²) in [5, 5.41) is 0. The average molecular weight is 290 g/mol. The lowest BCUT2D eigenvalue weighted by molar-refractivity contribution is 0.107. The van der Waals surface area contributed by atoms with Crippen molar-refractivity contribution in [3.05, 3.63) is 65.2 Å². The van der Waals surface area contributed by atoms with Gasteiger partial charge in [0.25, 0.3) is 0 Å². The molecule has 2 aliphatic rings. The minimum atomic E-state index is -0.611. The fraction of sp³-hybridized carbons (Fsp3) is 0.278. The second-order valence-corrected chi connectivity index (χ2v) is 8.35. The highest BCUT2D eigenvalue weighted by Crippen LogP contribution is 2.62. The van der Waals surface area contributed by atoms with Crippen molar-refractivity contribution in [2.75, 3.05) is 6.16 Å². The molecule has 0 N–H and O–H groups in total. The van der Waals surface area contributed by atoms with E-state index in [0.717, 1.165) is 23.4 Å². The topological polar surface area (TPSA) is 17.1 Å². The molecule has 2 radical (unpaired) electrons. The number of hydrogen-bond donors (Lipinski definition) is 0. The molecule has 3 heteroatoms. The SMILES string of the molecule is [B]c1ccc2c(c1)C1(CC1)CP(Cc1ccccc1)C2=O. The number of benzene rings is 2. The Morgan fingerprint density at radius 1 is 1.10 bits per heavy atom. The number of hydrogen-bond acceptors (Lipinski definition) is 1. The van der Waals surface area contributed by atoms with Crippen molar-refractivity contribution >= 4 is 26.8 Å². The zero-order valence-corrected chi connectivity index (χ0v) is 12.8. The molecule has 0 aromatic heterocycles. The summed E-state index contributed by atoms with van der Waals surface area (Å²) in [6.07, 6.45) is 4.39. The quantitative estimate of drug-likeness (QED) is 0.612. The Balaban J connectivity index is 1.70. The maximum Gasteiger partial charge on any atom is 0.184 e. The lowest BCUT2D eigenvalue weighted by atomic mass is 9.86. The Morgan fingerprint density at radius 2 is 1.86 bits per heavy atom. The van der Waals surface area contributed by atoms with Crippen LogP contribution in [-0.2, 0) is 11.6 Å². The number of carbonyl (C=O) groups excluding carboxylic acids is 1. The van der Waals surface area contributed by atoms with Crippen LogP contribution in [0.1, 0.15) is 34.3 Å². The van der Waals surface area contributed by atoms with Gasteiger partial charge in [-0.3, -0.25) is 4.79 Å². The normalized spacial score (nSPS) is 22.1. The first-order valence-electron chi connectivity index (χ1n) is 7.41. The molecule has 4 rings (SSSR count). The lowest BCUT2D eigenvalue weighted by Crippen LogP contribution is -2.26. The number of fused-ring (bicyclic) bond motifs is 2. The molecular weight excluding hydrogens is 274 g/mol. The van der Waals surface area contributed by atoms with Gasteiger partial charge in [-0.2, -0.15) is 0 Å². The monoisotopic (exact) mass is 290 g/mol. The molecule has 1 nitrogen and oxygen atoms in total. The van der Waals surface area contributed by atoms with Crippen LogP contribution in [0.15, 0.2) is 48.5 Å². The van der Waals surface area contributed by atoms with Crippen LogP contribution in [0.2, 0.25) is 0 Å². The minimum absolute atomic E-state index is 0.263. The van der Waals surface area contributed by atoms with E-state index >= 15 is 0 Å². The van der Waals surface area contributed by atoms with Crippen LogP contribution in [0.3, 0.4) is 0 Å². The minimum Gasteiger partial charge on any atom is -0.289 e. The molecule has 0 saturated heterocycles. The third-order valence-corrected chi connectivity index (χ3v) is 7.25.